The van der Waals surface area contributed by atoms with Gasteiger partial charge in [0.15, 0.2) is 5.69 Å². The number of rotatable bonds is 1. The minimum atomic E-state index is -0.423. The van der Waals surface area contributed by atoms with Crippen molar-refractivity contribution in [2.45, 2.75) is 0 Å². The van der Waals surface area contributed by atoms with E-state index >= 15 is 0 Å². The maximum atomic E-state index is 11.2. The highest BCUT2D eigenvalue weighted by Crippen LogP contribution is 2.14. The van der Waals surface area contributed by atoms with Crippen LogP contribution in [0.1, 0.15) is 10.5 Å². The van der Waals surface area contributed by atoms with Gasteiger partial charge in [-0.05, 0) is 12.1 Å². The number of fused-ring (bicyclic) bond motifs is 1. The first kappa shape index (κ1) is 7.79. The third-order valence-corrected chi connectivity index (χ3v) is 1.85. The summed E-state index contributed by atoms with van der Waals surface area (Å²) in [6.07, 6.45) is 3.35. The molecule has 0 aromatic carbocycles. The molecule has 0 aliphatic carbocycles. The van der Waals surface area contributed by atoms with E-state index in [9.17, 15) is 4.79 Å². The SMILES string of the molecule is COC(=O)c1nccc2cc[nH]c12. The topological polar surface area (TPSA) is 55.0 Å². The highest BCUT2D eigenvalue weighted by molar-refractivity contribution is 6.00. The van der Waals surface area contributed by atoms with E-state index in [0.29, 0.717) is 11.2 Å². The van der Waals surface area contributed by atoms with E-state index in [2.05, 4.69) is 14.7 Å². The van der Waals surface area contributed by atoms with Crippen molar-refractivity contribution in [3.05, 3.63) is 30.2 Å². The number of H-pyrrole nitrogens is 1. The summed E-state index contributed by atoms with van der Waals surface area (Å²) in [5.74, 6) is -0.423. The van der Waals surface area contributed by atoms with Crippen LogP contribution in [0.3, 0.4) is 0 Å². The molecule has 4 nitrogen and oxygen atoms in total. The first-order valence-corrected chi connectivity index (χ1v) is 3.83. The number of nitrogens with one attached hydrogen (secondary N) is 1. The molecule has 0 aliphatic rings. The third kappa shape index (κ3) is 1.16. The van der Waals surface area contributed by atoms with Crippen molar-refractivity contribution >= 4 is 16.9 Å². The Morgan fingerprint density at radius 2 is 2.38 bits per heavy atom. The van der Waals surface area contributed by atoms with Crippen molar-refractivity contribution in [1.29, 1.82) is 0 Å². The summed E-state index contributed by atoms with van der Waals surface area (Å²) in [7, 11) is 1.34. The summed E-state index contributed by atoms with van der Waals surface area (Å²) < 4.78 is 4.59. The van der Waals surface area contributed by atoms with E-state index in [4.69, 9.17) is 0 Å². The number of methoxy groups -OCH3 is 1. The number of pyridine rings is 1. The Morgan fingerprint density at radius 3 is 3.15 bits per heavy atom. The molecule has 2 heterocycles. The lowest BCUT2D eigenvalue weighted by molar-refractivity contribution is 0.0596. The second kappa shape index (κ2) is 2.90. The molecule has 13 heavy (non-hydrogen) atoms. The molecule has 2 aromatic heterocycles. The molecular formula is C9H8N2O2. The van der Waals surface area contributed by atoms with Gasteiger partial charge in [0.25, 0.3) is 0 Å². The van der Waals surface area contributed by atoms with Crippen LogP contribution in [0.2, 0.25) is 0 Å². The largest absolute Gasteiger partial charge is 0.464 e. The van der Waals surface area contributed by atoms with E-state index in [-0.39, 0.29) is 0 Å². The van der Waals surface area contributed by atoms with E-state index in [1.165, 1.54) is 7.11 Å². The van der Waals surface area contributed by atoms with Crippen LogP contribution in [0.5, 0.6) is 0 Å². The summed E-state index contributed by atoms with van der Waals surface area (Å²) in [6.45, 7) is 0. The van der Waals surface area contributed by atoms with Crippen LogP contribution in [-0.2, 0) is 4.74 Å². The molecule has 0 saturated heterocycles. The standard InChI is InChI=1S/C9H8N2O2/c1-13-9(12)8-7-6(2-4-10-7)3-5-11-8/h2-5,10H,1H3. The first-order valence-electron chi connectivity index (χ1n) is 3.83. The Morgan fingerprint density at radius 1 is 1.54 bits per heavy atom. The van der Waals surface area contributed by atoms with E-state index in [1.807, 2.05) is 12.1 Å². The van der Waals surface area contributed by atoms with Crippen molar-refractivity contribution in [1.82, 2.24) is 9.97 Å². The summed E-state index contributed by atoms with van der Waals surface area (Å²) in [4.78, 5) is 18.1. The molecule has 0 spiro atoms. The van der Waals surface area contributed by atoms with Crippen molar-refractivity contribution in [3.63, 3.8) is 0 Å². The lowest BCUT2D eigenvalue weighted by atomic mass is 10.2. The Bertz CT molecular complexity index is 448. The van der Waals surface area contributed by atoms with Gasteiger partial charge in [-0.25, -0.2) is 9.78 Å². The molecule has 66 valence electrons. The molecule has 0 saturated carbocycles. The lowest BCUT2D eigenvalue weighted by Crippen LogP contribution is -2.04. The van der Waals surface area contributed by atoms with Crippen LogP contribution in [0.4, 0.5) is 0 Å². The fourth-order valence-electron chi connectivity index (χ4n) is 1.23. The predicted octanol–water partition coefficient (Wildman–Crippen LogP) is 1.35. The molecule has 0 unspecified atom stereocenters. The number of aromatic nitrogens is 2. The molecule has 2 aromatic rings. The molecular weight excluding hydrogens is 168 g/mol. The molecule has 0 radical (unpaired) electrons. The number of hydrogen-bond acceptors (Lipinski definition) is 3. The summed E-state index contributed by atoms with van der Waals surface area (Å²) in [6, 6.07) is 3.71. The average Bonchev–Trinajstić information content (AvgIpc) is 2.63. The van der Waals surface area contributed by atoms with Gasteiger partial charge in [0.2, 0.25) is 0 Å². The van der Waals surface area contributed by atoms with Crippen LogP contribution in [-0.4, -0.2) is 23.0 Å². The van der Waals surface area contributed by atoms with Crippen LogP contribution in [0.25, 0.3) is 10.9 Å². The fourth-order valence-corrected chi connectivity index (χ4v) is 1.23. The predicted molar refractivity (Wildman–Crippen MR) is 47.4 cm³/mol. The van der Waals surface area contributed by atoms with Crippen LogP contribution in [0.15, 0.2) is 24.5 Å². The zero-order valence-electron chi connectivity index (χ0n) is 7.07. The third-order valence-electron chi connectivity index (χ3n) is 1.85. The normalized spacial score (nSPS) is 10.2. The van der Waals surface area contributed by atoms with Crippen molar-refractivity contribution in [2.75, 3.05) is 7.11 Å². The molecule has 0 atom stereocenters. The van der Waals surface area contributed by atoms with E-state index in [0.717, 1.165) is 5.39 Å². The smallest absolute Gasteiger partial charge is 0.358 e. The minimum Gasteiger partial charge on any atom is -0.464 e. The van der Waals surface area contributed by atoms with Crippen LogP contribution < -0.4 is 0 Å². The maximum Gasteiger partial charge on any atom is 0.358 e. The number of carbonyl (C=O) groups excluding carboxylic acids is 1. The lowest BCUT2D eigenvalue weighted by Gasteiger charge is -1.98. The van der Waals surface area contributed by atoms with Crippen LogP contribution >= 0.6 is 0 Å². The first-order chi connectivity index (χ1) is 6.33. The Hall–Kier alpha value is -1.84. The van der Waals surface area contributed by atoms with Gasteiger partial charge >= 0.3 is 5.97 Å². The van der Waals surface area contributed by atoms with E-state index in [1.54, 1.807) is 12.4 Å². The highest BCUT2D eigenvalue weighted by Gasteiger charge is 2.11. The molecule has 0 bridgehead atoms. The molecule has 4 heteroatoms. The number of hydrogen-bond donors (Lipinski definition) is 1. The van der Waals surface area contributed by atoms with Crippen molar-refractivity contribution < 1.29 is 9.53 Å². The van der Waals surface area contributed by atoms with Gasteiger partial charge in [0, 0.05) is 17.8 Å². The molecule has 1 N–H and O–H groups in total. The Balaban J connectivity index is 2.67. The van der Waals surface area contributed by atoms with Gasteiger partial charge < -0.3 is 9.72 Å². The van der Waals surface area contributed by atoms with Gasteiger partial charge in [-0.3, -0.25) is 0 Å². The van der Waals surface area contributed by atoms with Gasteiger partial charge in [-0.15, -0.1) is 0 Å². The van der Waals surface area contributed by atoms with Crippen LogP contribution in [0, 0.1) is 0 Å². The van der Waals surface area contributed by atoms with Gasteiger partial charge in [-0.1, -0.05) is 0 Å². The molecule has 0 aliphatic heterocycles. The van der Waals surface area contributed by atoms with Gasteiger partial charge in [-0.2, -0.15) is 0 Å². The van der Waals surface area contributed by atoms with Gasteiger partial charge in [0.1, 0.15) is 0 Å². The highest BCUT2D eigenvalue weighted by atomic mass is 16.5. The van der Waals surface area contributed by atoms with Gasteiger partial charge in [0.05, 0.1) is 12.6 Å². The molecule has 2 rings (SSSR count). The number of aromatic amines is 1. The molecule has 0 amide bonds. The fraction of sp³-hybridized carbons (Fsp3) is 0.111. The minimum absolute atomic E-state index is 0.324. The summed E-state index contributed by atoms with van der Waals surface area (Å²) in [5, 5.41) is 0.954. The van der Waals surface area contributed by atoms with Crippen molar-refractivity contribution in [2.24, 2.45) is 0 Å². The maximum absolute atomic E-state index is 11.2. The zero-order valence-corrected chi connectivity index (χ0v) is 7.07. The number of ether oxygens (including phenoxy) is 1. The summed E-state index contributed by atoms with van der Waals surface area (Å²) >= 11 is 0. The number of carbonyl (C=O) groups is 1. The Labute approximate surface area is 74.5 Å². The second-order valence-electron chi connectivity index (χ2n) is 2.59. The van der Waals surface area contributed by atoms with Crippen molar-refractivity contribution in [3.8, 4) is 0 Å². The molecule has 0 fully saturated rings. The quantitative estimate of drug-likeness (QED) is 0.667. The summed E-state index contributed by atoms with van der Waals surface area (Å²) in [5.41, 5.74) is 1.04. The van der Waals surface area contributed by atoms with E-state index < -0.39 is 5.97 Å². The Kier molecular flexibility index (Phi) is 1.73. The number of esters is 1. The second-order valence-corrected chi connectivity index (χ2v) is 2.59. The average molecular weight is 176 g/mol. The zero-order chi connectivity index (χ0) is 9.26. The number of nitrogens with zero attached hydrogens (tertiary/aromatic N) is 1. The monoisotopic (exact) mass is 176 g/mol.